The Morgan fingerprint density at radius 1 is 1.06 bits per heavy atom. The predicted molar refractivity (Wildman–Crippen MR) is 71.6 cm³/mol. The molecule has 4 nitrogen and oxygen atoms in total. The van der Waals surface area contributed by atoms with Gasteiger partial charge in [0.2, 0.25) is 0 Å². The van der Waals surface area contributed by atoms with Gasteiger partial charge in [0.25, 0.3) is 5.69 Å². The van der Waals surface area contributed by atoms with Crippen molar-refractivity contribution in [1.29, 1.82) is 0 Å². The summed E-state index contributed by atoms with van der Waals surface area (Å²) in [6.07, 6.45) is 0. The fraction of sp³-hybridized carbons (Fsp3) is 0.143. The van der Waals surface area contributed by atoms with Gasteiger partial charge in [-0.1, -0.05) is 30.3 Å². The Labute approximate surface area is 105 Å². The van der Waals surface area contributed by atoms with E-state index in [1.165, 1.54) is 12.1 Å². The number of anilines is 1. The van der Waals surface area contributed by atoms with Gasteiger partial charge in [0.1, 0.15) is 0 Å². The molecule has 1 N–H and O–H groups in total. The van der Waals surface area contributed by atoms with Gasteiger partial charge in [0.05, 0.1) is 4.92 Å². The van der Waals surface area contributed by atoms with Crippen molar-refractivity contribution < 1.29 is 4.92 Å². The van der Waals surface area contributed by atoms with Crippen LogP contribution in [0.4, 0.5) is 11.4 Å². The number of nitro benzene ring substituents is 1. The van der Waals surface area contributed by atoms with Crippen molar-refractivity contribution in [3.05, 3.63) is 70.3 Å². The van der Waals surface area contributed by atoms with E-state index in [-0.39, 0.29) is 16.7 Å². The van der Waals surface area contributed by atoms with Gasteiger partial charge in [-0.3, -0.25) is 10.1 Å². The monoisotopic (exact) mass is 242 g/mol. The minimum absolute atomic E-state index is 0.105. The summed E-state index contributed by atoms with van der Waals surface area (Å²) in [4.78, 5) is 10.2. The topological polar surface area (TPSA) is 55.2 Å². The zero-order valence-corrected chi connectivity index (χ0v) is 10.0. The second-order valence-electron chi connectivity index (χ2n) is 4.08. The molecule has 1 unspecified atom stereocenters. The lowest BCUT2D eigenvalue weighted by Gasteiger charge is -2.15. The van der Waals surface area contributed by atoms with Crippen LogP contribution in [-0.2, 0) is 0 Å². The molecule has 0 saturated heterocycles. The Bertz CT molecular complexity index is 523. The minimum Gasteiger partial charge on any atom is -0.379 e. The lowest BCUT2D eigenvalue weighted by Crippen LogP contribution is -2.06. The van der Waals surface area contributed by atoms with Crippen LogP contribution in [0.2, 0.25) is 0 Å². The maximum absolute atomic E-state index is 10.6. The van der Waals surface area contributed by atoms with Crippen LogP contribution in [0.1, 0.15) is 18.5 Å². The van der Waals surface area contributed by atoms with Gasteiger partial charge >= 0.3 is 0 Å². The van der Waals surface area contributed by atoms with E-state index in [9.17, 15) is 10.1 Å². The molecule has 0 heterocycles. The van der Waals surface area contributed by atoms with E-state index in [1.807, 2.05) is 37.3 Å². The number of nitro groups is 1. The first kappa shape index (κ1) is 12.1. The number of para-hydroxylation sites is 1. The van der Waals surface area contributed by atoms with Gasteiger partial charge in [0, 0.05) is 23.9 Å². The van der Waals surface area contributed by atoms with Crippen molar-refractivity contribution in [2.45, 2.75) is 13.0 Å². The van der Waals surface area contributed by atoms with Gasteiger partial charge in [0.15, 0.2) is 0 Å². The molecule has 0 saturated carbocycles. The number of non-ortho nitro benzene ring substituents is 1. The van der Waals surface area contributed by atoms with E-state index in [4.69, 9.17) is 0 Å². The highest BCUT2D eigenvalue weighted by Crippen LogP contribution is 2.21. The lowest BCUT2D eigenvalue weighted by molar-refractivity contribution is -0.384. The molecule has 0 aliphatic rings. The molecule has 0 spiro atoms. The fourth-order valence-electron chi connectivity index (χ4n) is 1.75. The molecule has 0 aromatic heterocycles. The van der Waals surface area contributed by atoms with E-state index in [1.54, 1.807) is 12.1 Å². The van der Waals surface area contributed by atoms with Crippen molar-refractivity contribution >= 4 is 11.4 Å². The Morgan fingerprint density at radius 2 is 1.67 bits per heavy atom. The highest BCUT2D eigenvalue weighted by atomic mass is 16.6. The maximum atomic E-state index is 10.6. The van der Waals surface area contributed by atoms with E-state index < -0.39 is 0 Å². The van der Waals surface area contributed by atoms with E-state index in [0.717, 1.165) is 11.3 Å². The van der Waals surface area contributed by atoms with Crippen LogP contribution < -0.4 is 5.32 Å². The second-order valence-corrected chi connectivity index (χ2v) is 4.08. The normalized spacial score (nSPS) is 11.8. The second kappa shape index (κ2) is 5.31. The quantitative estimate of drug-likeness (QED) is 0.656. The molecule has 0 fully saturated rings. The third-order valence-corrected chi connectivity index (χ3v) is 2.76. The minimum atomic E-state index is -0.390. The van der Waals surface area contributed by atoms with Crippen LogP contribution in [0.5, 0.6) is 0 Å². The van der Waals surface area contributed by atoms with E-state index in [0.29, 0.717) is 0 Å². The Balaban J connectivity index is 2.09. The average molecular weight is 242 g/mol. The summed E-state index contributed by atoms with van der Waals surface area (Å²) in [6.45, 7) is 2.02. The van der Waals surface area contributed by atoms with Crippen molar-refractivity contribution in [3.8, 4) is 0 Å². The molecule has 2 aromatic carbocycles. The van der Waals surface area contributed by atoms with Crippen molar-refractivity contribution in [1.82, 2.24) is 0 Å². The maximum Gasteiger partial charge on any atom is 0.269 e. The molecular weight excluding hydrogens is 228 g/mol. The Hall–Kier alpha value is -2.36. The Kier molecular flexibility index (Phi) is 3.57. The third kappa shape index (κ3) is 2.85. The summed E-state index contributed by atoms with van der Waals surface area (Å²) in [5, 5.41) is 13.9. The molecular formula is C14H14N2O2. The van der Waals surface area contributed by atoms with Crippen LogP contribution in [0.3, 0.4) is 0 Å². The highest BCUT2D eigenvalue weighted by Gasteiger charge is 2.08. The molecule has 18 heavy (non-hydrogen) atoms. The number of hydrogen-bond acceptors (Lipinski definition) is 3. The van der Waals surface area contributed by atoms with Crippen LogP contribution in [0.15, 0.2) is 54.6 Å². The van der Waals surface area contributed by atoms with Crippen molar-refractivity contribution in [2.24, 2.45) is 0 Å². The molecule has 0 radical (unpaired) electrons. The Morgan fingerprint density at radius 3 is 2.22 bits per heavy atom. The number of hydrogen-bond donors (Lipinski definition) is 1. The van der Waals surface area contributed by atoms with E-state index in [2.05, 4.69) is 5.32 Å². The predicted octanol–water partition coefficient (Wildman–Crippen LogP) is 3.77. The van der Waals surface area contributed by atoms with Gasteiger partial charge in [-0.25, -0.2) is 0 Å². The van der Waals surface area contributed by atoms with Crippen molar-refractivity contribution in [3.63, 3.8) is 0 Å². The van der Waals surface area contributed by atoms with Gasteiger partial charge < -0.3 is 5.32 Å². The van der Waals surface area contributed by atoms with Crippen LogP contribution in [0, 0.1) is 10.1 Å². The number of benzene rings is 2. The smallest absolute Gasteiger partial charge is 0.269 e. The molecule has 4 heteroatoms. The summed E-state index contributed by atoms with van der Waals surface area (Å²) in [5.41, 5.74) is 2.17. The summed E-state index contributed by atoms with van der Waals surface area (Å²) in [5.74, 6) is 0. The summed E-state index contributed by atoms with van der Waals surface area (Å²) >= 11 is 0. The van der Waals surface area contributed by atoms with Crippen LogP contribution in [0.25, 0.3) is 0 Å². The van der Waals surface area contributed by atoms with Crippen molar-refractivity contribution in [2.75, 3.05) is 5.32 Å². The van der Waals surface area contributed by atoms with Crippen LogP contribution >= 0.6 is 0 Å². The number of rotatable bonds is 4. The first-order chi connectivity index (χ1) is 8.66. The number of nitrogens with one attached hydrogen (secondary N) is 1. The average Bonchev–Trinajstić information content (AvgIpc) is 2.40. The molecule has 0 aliphatic heterocycles. The van der Waals surface area contributed by atoms with Gasteiger partial charge in [-0.2, -0.15) is 0 Å². The SMILES string of the molecule is CC(Nc1ccccc1)c1ccc([N+](=O)[O-])cc1. The first-order valence-electron chi connectivity index (χ1n) is 5.73. The van der Waals surface area contributed by atoms with E-state index >= 15 is 0 Å². The molecule has 0 amide bonds. The summed E-state index contributed by atoms with van der Waals surface area (Å²) < 4.78 is 0. The standard InChI is InChI=1S/C14H14N2O2/c1-11(15-13-5-3-2-4-6-13)12-7-9-14(10-8-12)16(17)18/h2-11,15H,1H3. The fourth-order valence-corrected chi connectivity index (χ4v) is 1.75. The molecule has 0 aliphatic carbocycles. The molecule has 92 valence electrons. The third-order valence-electron chi connectivity index (χ3n) is 2.76. The zero-order chi connectivity index (χ0) is 13.0. The summed E-state index contributed by atoms with van der Waals surface area (Å²) in [6, 6.07) is 16.6. The zero-order valence-electron chi connectivity index (χ0n) is 10.0. The van der Waals surface area contributed by atoms with Gasteiger partial charge in [-0.15, -0.1) is 0 Å². The van der Waals surface area contributed by atoms with Crippen LogP contribution in [-0.4, -0.2) is 4.92 Å². The summed E-state index contributed by atoms with van der Waals surface area (Å²) in [7, 11) is 0. The molecule has 2 rings (SSSR count). The first-order valence-corrected chi connectivity index (χ1v) is 5.73. The molecule has 1 atom stereocenters. The molecule has 2 aromatic rings. The number of nitrogens with zero attached hydrogens (tertiary/aromatic N) is 1. The lowest BCUT2D eigenvalue weighted by atomic mass is 10.1. The largest absolute Gasteiger partial charge is 0.379 e. The molecule has 0 bridgehead atoms. The highest BCUT2D eigenvalue weighted by molar-refractivity contribution is 5.45. The van der Waals surface area contributed by atoms with Gasteiger partial charge in [-0.05, 0) is 24.6 Å².